The van der Waals surface area contributed by atoms with Crippen LogP contribution in [0.15, 0.2) is 0 Å². The van der Waals surface area contributed by atoms with Crippen molar-refractivity contribution >= 4 is 11.9 Å². The first-order chi connectivity index (χ1) is 34.2. The lowest BCUT2D eigenvalue weighted by atomic mass is 10.0. The Kier molecular flexibility index (Phi) is 61.4. The van der Waals surface area contributed by atoms with Gasteiger partial charge < -0.3 is 52.1 Å². The van der Waals surface area contributed by atoms with E-state index in [4.69, 9.17) is 52.1 Å². The second kappa shape index (κ2) is 62.7. The molecule has 412 valence electrons. The molecule has 0 bridgehead atoms. The second-order valence-electron chi connectivity index (χ2n) is 18.4. The van der Waals surface area contributed by atoms with Crippen molar-refractivity contribution in [3.8, 4) is 0 Å². The Morgan fingerprint density at radius 2 is 0.348 bits per heavy atom. The summed E-state index contributed by atoms with van der Waals surface area (Å²) < 4.78 is 60.2. The van der Waals surface area contributed by atoms with Gasteiger partial charge in [-0.15, -0.1) is 0 Å². The summed E-state index contributed by atoms with van der Waals surface area (Å²) in [6.45, 7) is 13.6. The maximum atomic E-state index is 11.9. The van der Waals surface area contributed by atoms with Crippen molar-refractivity contribution in [3.05, 3.63) is 0 Å². The van der Waals surface area contributed by atoms with E-state index >= 15 is 0 Å². The highest BCUT2D eigenvalue weighted by Crippen LogP contribution is 2.15. The molecular formula is C56H110O13. The molecule has 0 rings (SSSR count). The summed E-state index contributed by atoms with van der Waals surface area (Å²) in [5, 5.41) is 0. The normalized spacial score (nSPS) is 11.5. The molecule has 0 aliphatic heterocycles. The monoisotopic (exact) mass is 991 g/mol. The molecule has 0 radical (unpaired) electrons. The summed E-state index contributed by atoms with van der Waals surface area (Å²) in [7, 11) is 0. The lowest BCUT2D eigenvalue weighted by Crippen LogP contribution is -2.15. The fraction of sp³-hybridized carbons (Fsp3) is 0.964. The Balaban J connectivity index is 3.17. The topological polar surface area (TPSA) is 136 Å². The molecule has 0 saturated heterocycles. The minimum absolute atomic E-state index is 0.131. The van der Waals surface area contributed by atoms with Crippen LogP contribution < -0.4 is 0 Å². The van der Waals surface area contributed by atoms with E-state index in [-0.39, 0.29) is 25.2 Å². The van der Waals surface area contributed by atoms with Crippen molar-refractivity contribution < 1.29 is 61.7 Å². The lowest BCUT2D eigenvalue weighted by Gasteiger charge is -2.09. The van der Waals surface area contributed by atoms with E-state index in [0.29, 0.717) is 132 Å². The van der Waals surface area contributed by atoms with Gasteiger partial charge in [0.1, 0.15) is 13.2 Å². The molecule has 0 saturated carbocycles. The van der Waals surface area contributed by atoms with E-state index < -0.39 is 0 Å². The van der Waals surface area contributed by atoms with Crippen LogP contribution in [-0.2, 0) is 61.7 Å². The average molecular weight is 991 g/mol. The molecule has 0 aliphatic rings. The van der Waals surface area contributed by atoms with Crippen LogP contribution in [0.2, 0.25) is 0 Å². The van der Waals surface area contributed by atoms with E-state index in [1.54, 1.807) is 0 Å². The summed E-state index contributed by atoms with van der Waals surface area (Å²) in [5.74, 6) is -0.263. The summed E-state index contributed by atoms with van der Waals surface area (Å²) in [4.78, 5) is 23.9. The third-order valence-electron chi connectivity index (χ3n) is 11.9. The zero-order chi connectivity index (χ0) is 49.7. The third kappa shape index (κ3) is 62.6. The highest BCUT2D eigenvalue weighted by molar-refractivity contribution is 5.69. The molecule has 0 aromatic heterocycles. The lowest BCUT2D eigenvalue weighted by molar-refractivity contribution is -0.146. The van der Waals surface area contributed by atoms with Crippen molar-refractivity contribution in [1.29, 1.82) is 0 Å². The number of hydrogen-bond acceptors (Lipinski definition) is 13. The highest BCUT2D eigenvalue weighted by atomic mass is 16.6. The molecule has 0 aliphatic carbocycles. The van der Waals surface area contributed by atoms with Gasteiger partial charge in [-0.3, -0.25) is 9.59 Å². The van der Waals surface area contributed by atoms with E-state index in [9.17, 15) is 9.59 Å². The molecule has 0 aromatic rings. The van der Waals surface area contributed by atoms with Gasteiger partial charge in [-0.05, 0) is 12.8 Å². The standard InChI is InChI=1S/C56H110O13/c1-3-5-7-9-11-13-15-17-19-21-23-25-27-29-31-33-55(57)68-53-51-66-49-47-64-45-43-62-41-39-60-37-35-59-36-38-61-40-42-63-44-46-65-48-50-67-52-54-69-56(58)34-32-30-28-26-24-22-20-18-16-14-12-10-8-6-4-2/h3-54H2,1-2H3. The van der Waals surface area contributed by atoms with Crippen LogP contribution >= 0.6 is 0 Å². The van der Waals surface area contributed by atoms with Crippen LogP contribution in [0.25, 0.3) is 0 Å². The largest absolute Gasteiger partial charge is 0.463 e. The second-order valence-corrected chi connectivity index (χ2v) is 18.4. The summed E-state index contributed by atoms with van der Waals surface area (Å²) in [5.41, 5.74) is 0. The minimum atomic E-state index is -0.131. The molecule has 69 heavy (non-hydrogen) atoms. The van der Waals surface area contributed by atoms with Gasteiger partial charge in [-0.1, -0.05) is 194 Å². The first kappa shape index (κ1) is 67.6. The predicted molar refractivity (Wildman–Crippen MR) is 278 cm³/mol. The van der Waals surface area contributed by atoms with Gasteiger partial charge in [0.05, 0.1) is 119 Å². The number of unbranched alkanes of at least 4 members (excludes halogenated alkanes) is 28. The first-order valence-electron chi connectivity index (χ1n) is 28.7. The molecule has 13 nitrogen and oxygen atoms in total. The highest BCUT2D eigenvalue weighted by Gasteiger charge is 2.05. The number of carbonyl (C=O) groups is 2. The van der Waals surface area contributed by atoms with Crippen LogP contribution in [0.5, 0.6) is 0 Å². The minimum Gasteiger partial charge on any atom is -0.463 e. The maximum Gasteiger partial charge on any atom is 0.305 e. The van der Waals surface area contributed by atoms with Crippen molar-refractivity contribution in [1.82, 2.24) is 0 Å². The van der Waals surface area contributed by atoms with Gasteiger partial charge in [0.15, 0.2) is 0 Å². The average Bonchev–Trinajstić information content (AvgIpc) is 3.35. The molecule has 0 aromatic carbocycles. The van der Waals surface area contributed by atoms with E-state index in [1.165, 1.54) is 167 Å². The van der Waals surface area contributed by atoms with Crippen LogP contribution in [0.4, 0.5) is 0 Å². The molecule has 0 atom stereocenters. The molecule has 0 unspecified atom stereocenters. The molecule has 0 heterocycles. The maximum absolute atomic E-state index is 11.9. The van der Waals surface area contributed by atoms with Crippen molar-refractivity contribution in [3.63, 3.8) is 0 Å². The van der Waals surface area contributed by atoms with Crippen molar-refractivity contribution in [2.75, 3.05) is 132 Å². The first-order valence-corrected chi connectivity index (χ1v) is 28.7. The number of ether oxygens (including phenoxy) is 11. The molecule has 0 amide bonds. The van der Waals surface area contributed by atoms with Crippen LogP contribution in [0.1, 0.15) is 219 Å². The van der Waals surface area contributed by atoms with Crippen molar-refractivity contribution in [2.45, 2.75) is 219 Å². The Labute approximate surface area is 423 Å². The Morgan fingerprint density at radius 1 is 0.203 bits per heavy atom. The van der Waals surface area contributed by atoms with Gasteiger partial charge in [-0.25, -0.2) is 0 Å². The molecular weight excluding hydrogens is 881 g/mol. The van der Waals surface area contributed by atoms with E-state index in [1.807, 2.05) is 0 Å². The molecule has 0 fully saturated rings. The van der Waals surface area contributed by atoms with Gasteiger partial charge >= 0.3 is 11.9 Å². The van der Waals surface area contributed by atoms with Gasteiger partial charge in [0.2, 0.25) is 0 Å². The van der Waals surface area contributed by atoms with E-state index in [0.717, 1.165) is 25.7 Å². The number of rotatable bonds is 62. The molecule has 0 N–H and O–H groups in total. The fourth-order valence-electron chi connectivity index (χ4n) is 7.72. The summed E-state index contributed by atoms with van der Waals surface area (Å²) >= 11 is 0. The fourth-order valence-corrected chi connectivity index (χ4v) is 7.72. The number of esters is 2. The Bertz CT molecular complexity index is 900. The van der Waals surface area contributed by atoms with Crippen LogP contribution in [0, 0.1) is 0 Å². The predicted octanol–water partition coefficient (Wildman–Crippen LogP) is 12.7. The Morgan fingerprint density at radius 3 is 0.522 bits per heavy atom. The summed E-state index contributed by atoms with van der Waals surface area (Å²) in [6, 6.07) is 0. The van der Waals surface area contributed by atoms with Gasteiger partial charge in [0.25, 0.3) is 0 Å². The SMILES string of the molecule is CCCCCCCCCCCCCCCCCC(=O)OCCOCCOCCOCCOCCOCCOCCOCCOCCOCCOC(=O)CCCCCCCCCCCCCCCCC. The number of hydrogen-bond donors (Lipinski definition) is 0. The zero-order valence-corrected chi connectivity index (χ0v) is 45.1. The van der Waals surface area contributed by atoms with Crippen molar-refractivity contribution in [2.24, 2.45) is 0 Å². The third-order valence-corrected chi connectivity index (χ3v) is 11.9. The smallest absolute Gasteiger partial charge is 0.305 e. The zero-order valence-electron chi connectivity index (χ0n) is 45.1. The Hall–Kier alpha value is -1.42. The van der Waals surface area contributed by atoms with Gasteiger partial charge in [-0.2, -0.15) is 0 Å². The van der Waals surface area contributed by atoms with E-state index in [2.05, 4.69) is 13.8 Å². The van der Waals surface area contributed by atoms with Crippen LogP contribution in [0.3, 0.4) is 0 Å². The van der Waals surface area contributed by atoms with Crippen LogP contribution in [-0.4, -0.2) is 144 Å². The summed E-state index contributed by atoms with van der Waals surface area (Å²) in [6.07, 6.45) is 40.4. The number of carbonyl (C=O) groups excluding carboxylic acids is 2. The quantitative estimate of drug-likeness (QED) is 0.0423. The molecule has 0 spiro atoms. The molecule has 13 heteroatoms. The van der Waals surface area contributed by atoms with Gasteiger partial charge in [0, 0.05) is 12.8 Å².